The van der Waals surface area contributed by atoms with Crippen LogP contribution < -0.4 is 0 Å². The smallest absolute Gasteiger partial charge is 0.0518 e. The molecule has 25 heavy (non-hydrogen) atoms. The Labute approximate surface area is 153 Å². The van der Waals surface area contributed by atoms with Gasteiger partial charge in [-0.1, -0.05) is 57.2 Å². The molecule has 1 aliphatic heterocycles. The Morgan fingerprint density at radius 1 is 1.36 bits per heavy atom. The van der Waals surface area contributed by atoms with E-state index in [9.17, 15) is 0 Å². The van der Waals surface area contributed by atoms with E-state index in [-0.39, 0.29) is 6.04 Å². The van der Waals surface area contributed by atoms with Gasteiger partial charge in [0.1, 0.15) is 0 Å². The van der Waals surface area contributed by atoms with Crippen LogP contribution in [-0.4, -0.2) is 17.2 Å². The van der Waals surface area contributed by atoms with Crippen molar-refractivity contribution >= 4 is 5.71 Å². The van der Waals surface area contributed by atoms with Gasteiger partial charge in [-0.15, -0.1) is 0 Å². The third-order valence-electron chi connectivity index (χ3n) is 5.13. The van der Waals surface area contributed by atoms with Crippen LogP contribution in [0.4, 0.5) is 0 Å². The van der Waals surface area contributed by atoms with Crippen molar-refractivity contribution in [1.29, 1.82) is 5.41 Å². The zero-order chi connectivity index (χ0) is 18.6. The molecule has 2 rings (SSSR count). The molecule has 1 heterocycles. The van der Waals surface area contributed by atoms with Gasteiger partial charge in [0.2, 0.25) is 0 Å². The van der Waals surface area contributed by atoms with Gasteiger partial charge in [-0.3, -0.25) is 0 Å². The van der Waals surface area contributed by atoms with Crippen molar-refractivity contribution in [3.8, 4) is 0 Å². The van der Waals surface area contributed by atoms with Crippen LogP contribution in [0.5, 0.6) is 0 Å². The monoisotopic (exact) mass is 336 g/mol. The molecule has 0 spiro atoms. The molecular formula is C23H32N2. The summed E-state index contributed by atoms with van der Waals surface area (Å²) in [5.41, 5.74) is 8.26. The number of aryl methyl sites for hydroxylation is 2. The molecule has 2 heteroatoms. The Morgan fingerprint density at radius 3 is 2.60 bits per heavy atom. The number of nitrogens with one attached hydrogen (secondary N) is 1. The highest BCUT2D eigenvalue weighted by atomic mass is 15.2. The van der Waals surface area contributed by atoms with Crippen LogP contribution in [0, 0.1) is 12.3 Å². The SMILES string of the molecule is C=CC1=C(C(C)=N)CN(C(C)c2ccc(CCC)c(C)c2)/C1=C\CC. The van der Waals surface area contributed by atoms with Gasteiger partial charge >= 0.3 is 0 Å². The summed E-state index contributed by atoms with van der Waals surface area (Å²) in [6.45, 7) is 15.5. The maximum absolute atomic E-state index is 8.13. The highest BCUT2D eigenvalue weighted by Crippen LogP contribution is 2.37. The summed E-state index contributed by atoms with van der Waals surface area (Å²) >= 11 is 0. The minimum absolute atomic E-state index is 0.277. The summed E-state index contributed by atoms with van der Waals surface area (Å²) < 4.78 is 0. The first kappa shape index (κ1) is 19.2. The van der Waals surface area contributed by atoms with Gasteiger partial charge in [-0.25, -0.2) is 0 Å². The quantitative estimate of drug-likeness (QED) is 0.595. The number of hydrogen-bond acceptors (Lipinski definition) is 2. The van der Waals surface area contributed by atoms with E-state index in [1.807, 2.05) is 13.0 Å². The fourth-order valence-electron chi connectivity index (χ4n) is 3.67. The van der Waals surface area contributed by atoms with Gasteiger partial charge in [0, 0.05) is 29.1 Å². The van der Waals surface area contributed by atoms with Crippen LogP contribution in [0.25, 0.3) is 0 Å². The van der Waals surface area contributed by atoms with Crippen molar-refractivity contribution in [2.75, 3.05) is 6.54 Å². The molecule has 2 nitrogen and oxygen atoms in total. The number of nitrogens with zero attached hydrogens (tertiary/aromatic N) is 1. The van der Waals surface area contributed by atoms with E-state index < -0.39 is 0 Å². The molecule has 1 aromatic rings. The lowest BCUT2D eigenvalue weighted by Crippen LogP contribution is -2.25. The second-order valence-electron chi connectivity index (χ2n) is 6.96. The fraction of sp³-hybridized carbons (Fsp3) is 0.435. The molecule has 0 bridgehead atoms. The first-order chi connectivity index (χ1) is 11.9. The van der Waals surface area contributed by atoms with E-state index in [1.165, 1.54) is 28.8 Å². The van der Waals surface area contributed by atoms with Gasteiger partial charge in [0.15, 0.2) is 0 Å². The minimum Gasteiger partial charge on any atom is -0.360 e. The van der Waals surface area contributed by atoms with Crippen molar-refractivity contribution in [2.45, 2.75) is 59.9 Å². The summed E-state index contributed by atoms with van der Waals surface area (Å²) in [4.78, 5) is 2.42. The molecule has 1 unspecified atom stereocenters. The molecule has 1 aromatic carbocycles. The second-order valence-corrected chi connectivity index (χ2v) is 6.96. The molecule has 1 aliphatic rings. The van der Waals surface area contributed by atoms with Crippen molar-refractivity contribution in [1.82, 2.24) is 4.90 Å². The molecule has 134 valence electrons. The van der Waals surface area contributed by atoms with E-state index in [2.05, 4.69) is 63.4 Å². The van der Waals surface area contributed by atoms with Crippen LogP contribution in [0.3, 0.4) is 0 Å². The van der Waals surface area contributed by atoms with Crippen molar-refractivity contribution in [3.05, 3.63) is 70.5 Å². The molecule has 0 radical (unpaired) electrons. The Hall–Kier alpha value is -2.09. The zero-order valence-corrected chi connectivity index (χ0v) is 16.4. The molecule has 0 amide bonds. The third kappa shape index (κ3) is 3.95. The van der Waals surface area contributed by atoms with Gasteiger partial charge in [0.05, 0.1) is 6.04 Å². The second kappa shape index (κ2) is 8.33. The van der Waals surface area contributed by atoms with E-state index in [0.29, 0.717) is 5.71 Å². The Morgan fingerprint density at radius 2 is 2.08 bits per heavy atom. The molecule has 1 N–H and O–H groups in total. The van der Waals surface area contributed by atoms with Crippen LogP contribution in [0.1, 0.15) is 63.3 Å². The predicted octanol–water partition coefficient (Wildman–Crippen LogP) is 6.14. The summed E-state index contributed by atoms with van der Waals surface area (Å²) in [6, 6.07) is 7.17. The van der Waals surface area contributed by atoms with E-state index >= 15 is 0 Å². The number of allylic oxidation sites excluding steroid dienone is 2. The molecule has 0 saturated carbocycles. The Balaban J connectivity index is 2.37. The normalized spacial score (nSPS) is 17.3. The molecule has 0 aliphatic carbocycles. The van der Waals surface area contributed by atoms with Crippen LogP contribution in [-0.2, 0) is 6.42 Å². The first-order valence-electron chi connectivity index (χ1n) is 9.42. The largest absolute Gasteiger partial charge is 0.360 e. The molecular weight excluding hydrogens is 304 g/mol. The van der Waals surface area contributed by atoms with Crippen molar-refractivity contribution in [2.24, 2.45) is 0 Å². The summed E-state index contributed by atoms with van der Waals surface area (Å²) in [5, 5.41) is 8.13. The highest BCUT2D eigenvalue weighted by molar-refractivity contribution is 5.99. The molecule has 1 atom stereocenters. The summed E-state index contributed by atoms with van der Waals surface area (Å²) in [6.07, 6.45) is 7.48. The average molecular weight is 337 g/mol. The Kier molecular flexibility index (Phi) is 6.41. The first-order valence-corrected chi connectivity index (χ1v) is 9.42. The number of hydrogen-bond donors (Lipinski definition) is 1. The lowest BCUT2D eigenvalue weighted by Gasteiger charge is -2.30. The van der Waals surface area contributed by atoms with Crippen molar-refractivity contribution < 1.29 is 0 Å². The minimum atomic E-state index is 0.277. The maximum Gasteiger partial charge on any atom is 0.0518 e. The van der Waals surface area contributed by atoms with Crippen LogP contribution >= 0.6 is 0 Å². The predicted molar refractivity (Wildman–Crippen MR) is 109 cm³/mol. The highest BCUT2D eigenvalue weighted by Gasteiger charge is 2.29. The molecule has 0 saturated heterocycles. The summed E-state index contributed by atoms with van der Waals surface area (Å²) in [7, 11) is 0. The lowest BCUT2D eigenvalue weighted by atomic mass is 9.97. The zero-order valence-electron chi connectivity index (χ0n) is 16.4. The topological polar surface area (TPSA) is 27.1 Å². The number of rotatable bonds is 7. The van der Waals surface area contributed by atoms with Crippen LogP contribution in [0.15, 0.2) is 53.8 Å². The third-order valence-corrected chi connectivity index (χ3v) is 5.13. The fourth-order valence-corrected chi connectivity index (χ4v) is 3.67. The molecule has 0 aromatic heterocycles. The van der Waals surface area contributed by atoms with E-state index in [1.54, 1.807) is 0 Å². The van der Waals surface area contributed by atoms with E-state index in [4.69, 9.17) is 5.41 Å². The van der Waals surface area contributed by atoms with Gasteiger partial charge < -0.3 is 10.3 Å². The number of benzene rings is 1. The standard InChI is InChI=1S/C23H32N2/c1-7-10-19-12-13-20(14-16(19)4)18(6)25-15-22(17(5)24)21(9-3)23(25)11-8-2/h9,11-14,18,24H,3,7-8,10,15H2,1-2,4-6H3/b23-11-,24-17?. The summed E-state index contributed by atoms with van der Waals surface area (Å²) in [5.74, 6) is 0. The van der Waals surface area contributed by atoms with Crippen LogP contribution in [0.2, 0.25) is 0 Å². The van der Waals surface area contributed by atoms with Gasteiger partial charge in [-0.05, 0) is 50.3 Å². The van der Waals surface area contributed by atoms with Gasteiger partial charge in [0.25, 0.3) is 0 Å². The van der Waals surface area contributed by atoms with Crippen molar-refractivity contribution in [3.63, 3.8) is 0 Å². The Bertz CT molecular complexity index is 722. The molecule has 0 fully saturated rings. The average Bonchev–Trinajstić information content (AvgIpc) is 2.95. The van der Waals surface area contributed by atoms with Gasteiger partial charge in [-0.2, -0.15) is 0 Å². The maximum atomic E-state index is 8.13. The lowest BCUT2D eigenvalue weighted by molar-refractivity contribution is 0.316. The van der Waals surface area contributed by atoms with E-state index in [0.717, 1.165) is 30.5 Å².